The molecule has 110 valence electrons. The molecule has 3 aromatic carbocycles. The van der Waals surface area contributed by atoms with Gasteiger partial charge >= 0.3 is 0 Å². The van der Waals surface area contributed by atoms with E-state index in [-0.39, 0.29) is 0 Å². The van der Waals surface area contributed by atoms with Crippen LogP contribution >= 0.6 is 27.5 Å². The summed E-state index contributed by atoms with van der Waals surface area (Å²) in [6.07, 6.45) is 0. The highest BCUT2D eigenvalue weighted by Gasteiger charge is 2.17. The van der Waals surface area contributed by atoms with Gasteiger partial charge < -0.3 is 0 Å². The molecule has 0 unspecified atom stereocenters. The Kier molecular flexibility index (Phi) is 2.76. The van der Waals surface area contributed by atoms with Crippen LogP contribution in [0, 0.1) is 0 Å². The summed E-state index contributed by atoms with van der Waals surface area (Å²) in [4.78, 5) is 0. The van der Waals surface area contributed by atoms with Gasteiger partial charge in [0.15, 0.2) is 0 Å². The molecule has 0 radical (unpaired) electrons. The van der Waals surface area contributed by atoms with Gasteiger partial charge in [-0.1, -0.05) is 66.2 Å². The molecule has 23 heavy (non-hydrogen) atoms. The molecular weight excluding hydrogens is 370 g/mol. The quantitative estimate of drug-likeness (QED) is 0.205. The van der Waals surface area contributed by atoms with E-state index in [1.165, 1.54) is 26.9 Å². The summed E-state index contributed by atoms with van der Waals surface area (Å²) in [5.74, 6) is 0. The second kappa shape index (κ2) is 4.73. The molecule has 0 saturated heterocycles. The fourth-order valence-corrected chi connectivity index (χ4v) is 4.55. The molecule has 2 heterocycles. The van der Waals surface area contributed by atoms with Gasteiger partial charge in [-0.15, -0.1) is 0 Å². The summed E-state index contributed by atoms with van der Waals surface area (Å²) in [6.45, 7) is 0. The van der Waals surface area contributed by atoms with Crippen LogP contribution in [0.5, 0.6) is 0 Å². The predicted molar refractivity (Wildman–Crippen MR) is 103 cm³/mol. The number of fused-ring (bicyclic) bond motifs is 8. The summed E-state index contributed by atoms with van der Waals surface area (Å²) < 4.78 is 3.23. The zero-order valence-corrected chi connectivity index (χ0v) is 14.4. The first kappa shape index (κ1) is 13.4. The molecule has 0 aliphatic rings. The summed E-state index contributed by atoms with van der Waals surface area (Å²) >= 11 is 10.4. The lowest BCUT2D eigenvalue weighted by molar-refractivity contribution is 1.26. The van der Waals surface area contributed by atoms with Crippen LogP contribution in [-0.2, 0) is 0 Å². The minimum absolute atomic E-state index is 0.721. The maximum atomic E-state index is 6.54. The Hall–Kier alpha value is -2.03. The van der Waals surface area contributed by atoms with Crippen molar-refractivity contribution in [1.29, 1.82) is 0 Å². The van der Waals surface area contributed by atoms with E-state index in [0.717, 1.165) is 20.7 Å². The third kappa shape index (κ3) is 1.68. The largest absolute Gasteiger partial charge is 0.298 e. The number of halogens is 2. The van der Waals surface area contributed by atoms with E-state index in [4.69, 9.17) is 11.6 Å². The number of benzene rings is 3. The van der Waals surface area contributed by atoms with Crippen LogP contribution in [-0.4, -0.2) is 4.40 Å². The van der Waals surface area contributed by atoms with Gasteiger partial charge in [-0.25, -0.2) is 0 Å². The number of pyridine rings is 1. The minimum Gasteiger partial charge on any atom is -0.298 e. The van der Waals surface area contributed by atoms with Gasteiger partial charge in [-0.2, -0.15) is 0 Å². The summed E-state index contributed by atoms with van der Waals surface area (Å²) in [5.41, 5.74) is 2.25. The molecule has 0 aliphatic carbocycles. The maximum Gasteiger partial charge on any atom is 0.113 e. The summed E-state index contributed by atoms with van der Waals surface area (Å²) in [7, 11) is 0. The van der Waals surface area contributed by atoms with Gasteiger partial charge in [0.05, 0.1) is 15.5 Å². The fraction of sp³-hybridized carbons (Fsp3) is 0. The van der Waals surface area contributed by atoms with Crippen LogP contribution in [0.3, 0.4) is 0 Å². The van der Waals surface area contributed by atoms with Gasteiger partial charge in [-0.3, -0.25) is 4.40 Å². The molecule has 0 amide bonds. The van der Waals surface area contributed by atoms with E-state index in [0.29, 0.717) is 0 Å². The molecule has 3 heteroatoms. The van der Waals surface area contributed by atoms with Crippen molar-refractivity contribution in [2.45, 2.75) is 0 Å². The van der Waals surface area contributed by atoms with Crippen molar-refractivity contribution in [1.82, 2.24) is 4.40 Å². The van der Waals surface area contributed by atoms with Crippen LogP contribution in [0.15, 0.2) is 71.2 Å². The van der Waals surface area contributed by atoms with E-state index in [1.54, 1.807) is 0 Å². The van der Waals surface area contributed by atoms with Gasteiger partial charge in [0.25, 0.3) is 0 Å². The molecule has 1 nitrogen and oxygen atoms in total. The monoisotopic (exact) mass is 379 g/mol. The van der Waals surface area contributed by atoms with Crippen molar-refractivity contribution in [3.8, 4) is 0 Å². The molecule has 5 aromatic rings. The number of hydrogen-bond donors (Lipinski definition) is 0. The average Bonchev–Trinajstić information content (AvgIpc) is 2.90. The molecular formula is C20H11BrClN. The lowest BCUT2D eigenvalue weighted by Gasteiger charge is -2.08. The van der Waals surface area contributed by atoms with Gasteiger partial charge in [0.1, 0.15) is 5.15 Å². The predicted octanol–water partition coefficient (Wildman–Crippen LogP) is 6.81. The van der Waals surface area contributed by atoms with Crippen molar-refractivity contribution in [3.63, 3.8) is 0 Å². The Morgan fingerprint density at radius 3 is 2.04 bits per heavy atom. The van der Waals surface area contributed by atoms with Crippen LogP contribution in [0.1, 0.15) is 0 Å². The SMILES string of the molecule is Clc1cccc2c(Br)c3c4ccccc4c4ccccc4c3n12. The van der Waals surface area contributed by atoms with E-state index < -0.39 is 0 Å². The third-order valence-corrected chi connectivity index (χ3v) is 5.61. The molecule has 0 spiro atoms. The highest BCUT2D eigenvalue weighted by atomic mass is 79.9. The van der Waals surface area contributed by atoms with Crippen molar-refractivity contribution >= 4 is 65.5 Å². The van der Waals surface area contributed by atoms with E-state index >= 15 is 0 Å². The molecule has 0 saturated carbocycles. The number of aromatic nitrogens is 1. The fourth-order valence-electron chi connectivity index (χ4n) is 3.59. The minimum atomic E-state index is 0.721. The first-order valence-electron chi connectivity index (χ1n) is 7.45. The highest BCUT2D eigenvalue weighted by Crippen LogP contribution is 2.42. The molecule has 2 aromatic heterocycles. The Labute approximate surface area is 146 Å². The molecule has 0 aliphatic heterocycles. The smallest absolute Gasteiger partial charge is 0.113 e. The molecule has 0 bridgehead atoms. The van der Waals surface area contributed by atoms with Crippen molar-refractivity contribution in [2.24, 2.45) is 0 Å². The lowest BCUT2D eigenvalue weighted by atomic mass is 9.98. The highest BCUT2D eigenvalue weighted by molar-refractivity contribution is 9.10. The zero-order valence-electron chi connectivity index (χ0n) is 12.1. The van der Waals surface area contributed by atoms with Gasteiger partial charge in [0.2, 0.25) is 0 Å². The van der Waals surface area contributed by atoms with Crippen molar-refractivity contribution in [3.05, 3.63) is 76.4 Å². The second-order valence-corrected chi connectivity index (χ2v) is 6.88. The van der Waals surface area contributed by atoms with Crippen LogP contribution in [0.2, 0.25) is 5.15 Å². The Morgan fingerprint density at radius 1 is 0.696 bits per heavy atom. The Morgan fingerprint density at radius 2 is 1.30 bits per heavy atom. The Bertz CT molecular complexity index is 1240. The summed E-state index contributed by atoms with van der Waals surface area (Å²) in [6, 6.07) is 23.1. The Balaban J connectivity index is 2.29. The van der Waals surface area contributed by atoms with E-state index in [9.17, 15) is 0 Å². The standard InChI is InChI=1S/C20H11BrClN/c21-19-16-10-5-11-17(22)23(16)20-15-9-4-2-7-13(15)12-6-1-3-8-14(12)18(19)20/h1-11H. The van der Waals surface area contributed by atoms with Gasteiger partial charge in [0, 0.05) is 10.8 Å². The normalized spacial score (nSPS) is 11.9. The van der Waals surface area contributed by atoms with Crippen molar-refractivity contribution < 1.29 is 0 Å². The van der Waals surface area contributed by atoms with E-state index in [2.05, 4.69) is 74.9 Å². The molecule has 5 rings (SSSR count). The van der Waals surface area contributed by atoms with E-state index in [1.807, 2.05) is 12.1 Å². The van der Waals surface area contributed by atoms with Crippen LogP contribution < -0.4 is 0 Å². The first-order valence-corrected chi connectivity index (χ1v) is 8.62. The molecule has 0 fully saturated rings. The lowest BCUT2D eigenvalue weighted by Crippen LogP contribution is -1.87. The molecule has 0 atom stereocenters. The summed E-state index contributed by atoms with van der Waals surface area (Å²) in [5, 5.41) is 6.92. The molecule has 0 N–H and O–H groups in total. The second-order valence-electron chi connectivity index (χ2n) is 5.70. The van der Waals surface area contributed by atoms with Crippen LogP contribution in [0.4, 0.5) is 0 Å². The maximum absolute atomic E-state index is 6.54. The number of nitrogens with zero attached hydrogens (tertiary/aromatic N) is 1. The number of hydrogen-bond acceptors (Lipinski definition) is 0. The number of rotatable bonds is 0. The average molecular weight is 381 g/mol. The zero-order chi connectivity index (χ0) is 15.6. The third-order valence-electron chi connectivity index (χ3n) is 4.52. The topological polar surface area (TPSA) is 4.41 Å². The van der Waals surface area contributed by atoms with Crippen LogP contribution in [0.25, 0.3) is 38.0 Å². The van der Waals surface area contributed by atoms with Crippen molar-refractivity contribution in [2.75, 3.05) is 0 Å². The first-order chi connectivity index (χ1) is 11.3. The van der Waals surface area contributed by atoms with Gasteiger partial charge in [-0.05, 0) is 44.2 Å².